The van der Waals surface area contributed by atoms with Crippen molar-refractivity contribution in [3.05, 3.63) is 35.9 Å². The van der Waals surface area contributed by atoms with E-state index in [9.17, 15) is 9.59 Å². The monoisotopic (exact) mass is 248 g/mol. The maximum Gasteiger partial charge on any atom is 0.310 e. The van der Waals surface area contributed by atoms with Gasteiger partial charge in [-0.25, -0.2) is 0 Å². The van der Waals surface area contributed by atoms with Gasteiger partial charge in [0.25, 0.3) is 0 Å². The van der Waals surface area contributed by atoms with E-state index in [1.807, 2.05) is 30.3 Å². The fourth-order valence-electron chi connectivity index (χ4n) is 2.55. The third-order valence-electron chi connectivity index (χ3n) is 3.58. The van der Waals surface area contributed by atoms with Crippen LogP contribution in [0.5, 0.6) is 0 Å². The fourth-order valence-corrected chi connectivity index (χ4v) is 2.55. The Balaban J connectivity index is 2.19. The normalized spacial score (nSPS) is 26.0. The lowest BCUT2D eigenvalue weighted by atomic mass is 9.62. The summed E-state index contributed by atoms with van der Waals surface area (Å²) >= 11 is 0. The van der Waals surface area contributed by atoms with Gasteiger partial charge < -0.3 is 9.47 Å². The Bertz CT molecular complexity index is 440. The minimum absolute atomic E-state index is 0.0442. The Kier molecular flexibility index (Phi) is 3.65. The molecule has 1 fully saturated rings. The van der Waals surface area contributed by atoms with E-state index >= 15 is 0 Å². The molecule has 0 aromatic heterocycles. The topological polar surface area (TPSA) is 52.6 Å². The van der Waals surface area contributed by atoms with Crippen LogP contribution in [-0.4, -0.2) is 26.2 Å². The van der Waals surface area contributed by atoms with Crippen molar-refractivity contribution in [3.63, 3.8) is 0 Å². The van der Waals surface area contributed by atoms with Gasteiger partial charge in [-0.15, -0.1) is 0 Å². The molecule has 0 bridgehead atoms. The molecule has 1 aliphatic rings. The van der Waals surface area contributed by atoms with Crippen LogP contribution in [-0.2, 0) is 19.1 Å². The van der Waals surface area contributed by atoms with Crippen LogP contribution in [0.3, 0.4) is 0 Å². The van der Waals surface area contributed by atoms with Crippen molar-refractivity contribution < 1.29 is 19.1 Å². The number of benzene rings is 1. The van der Waals surface area contributed by atoms with Crippen molar-refractivity contribution in [2.75, 3.05) is 14.2 Å². The Morgan fingerprint density at radius 2 is 1.67 bits per heavy atom. The van der Waals surface area contributed by atoms with Crippen LogP contribution >= 0.6 is 0 Å². The van der Waals surface area contributed by atoms with E-state index in [1.54, 1.807) is 0 Å². The molecular formula is C14H16O4. The quantitative estimate of drug-likeness (QED) is 0.765. The molecule has 0 amide bonds. The van der Waals surface area contributed by atoms with Gasteiger partial charge >= 0.3 is 11.9 Å². The highest BCUT2D eigenvalue weighted by molar-refractivity contribution is 5.85. The second-order valence-corrected chi connectivity index (χ2v) is 4.43. The summed E-state index contributed by atoms with van der Waals surface area (Å²) in [6.45, 7) is 0. The predicted octanol–water partition coefficient (Wildman–Crippen LogP) is 1.75. The molecule has 3 atom stereocenters. The second kappa shape index (κ2) is 5.21. The van der Waals surface area contributed by atoms with Gasteiger partial charge in [-0.3, -0.25) is 9.59 Å². The van der Waals surface area contributed by atoms with Crippen molar-refractivity contribution in [3.8, 4) is 0 Å². The van der Waals surface area contributed by atoms with Crippen molar-refractivity contribution in [1.82, 2.24) is 0 Å². The predicted molar refractivity (Wildman–Crippen MR) is 64.8 cm³/mol. The molecule has 4 nitrogen and oxygen atoms in total. The molecule has 1 aliphatic carbocycles. The van der Waals surface area contributed by atoms with Crippen LogP contribution < -0.4 is 0 Å². The molecule has 96 valence electrons. The summed E-state index contributed by atoms with van der Waals surface area (Å²) < 4.78 is 9.50. The number of ether oxygens (including phenoxy) is 2. The van der Waals surface area contributed by atoms with Crippen molar-refractivity contribution >= 4 is 11.9 Å². The lowest BCUT2D eigenvalue weighted by Crippen LogP contribution is -2.45. The van der Waals surface area contributed by atoms with Crippen LogP contribution in [0.4, 0.5) is 0 Å². The summed E-state index contributed by atoms with van der Waals surface area (Å²) in [5.74, 6) is -1.44. The molecule has 0 spiro atoms. The first-order valence-corrected chi connectivity index (χ1v) is 5.89. The molecule has 0 unspecified atom stereocenters. The van der Waals surface area contributed by atoms with Crippen LogP contribution in [0.1, 0.15) is 17.9 Å². The summed E-state index contributed by atoms with van der Waals surface area (Å²) in [7, 11) is 2.68. The Hall–Kier alpha value is -1.84. The first kappa shape index (κ1) is 12.6. The molecule has 0 aliphatic heterocycles. The molecule has 4 heteroatoms. The number of methoxy groups -OCH3 is 2. The number of carbonyl (C=O) groups is 2. The Labute approximate surface area is 106 Å². The van der Waals surface area contributed by atoms with Crippen molar-refractivity contribution in [1.29, 1.82) is 0 Å². The first-order valence-electron chi connectivity index (χ1n) is 5.89. The minimum atomic E-state index is -0.426. The fraction of sp³-hybridized carbons (Fsp3) is 0.429. The summed E-state index contributed by atoms with van der Waals surface area (Å²) in [6, 6.07) is 9.71. The SMILES string of the molecule is COC(=O)[C@@H]1[C@@H](c2ccccc2)C[C@H]1C(=O)OC. The summed E-state index contributed by atoms with van der Waals surface area (Å²) in [6.07, 6.45) is 0.635. The van der Waals surface area contributed by atoms with Gasteiger partial charge in [0.05, 0.1) is 26.1 Å². The van der Waals surface area contributed by atoms with Gasteiger partial charge in [-0.05, 0) is 17.9 Å². The number of carbonyl (C=O) groups excluding carboxylic acids is 2. The molecule has 1 aromatic carbocycles. The zero-order chi connectivity index (χ0) is 13.1. The van der Waals surface area contributed by atoms with Crippen LogP contribution in [0.15, 0.2) is 30.3 Å². The first-order chi connectivity index (χ1) is 8.69. The maximum atomic E-state index is 11.8. The Morgan fingerprint density at radius 1 is 1.06 bits per heavy atom. The number of hydrogen-bond acceptors (Lipinski definition) is 4. The van der Waals surface area contributed by atoms with Crippen LogP contribution in [0.25, 0.3) is 0 Å². The number of hydrogen-bond donors (Lipinski definition) is 0. The Morgan fingerprint density at radius 3 is 2.22 bits per heavy atom. The zero-order valence-corrected chi connectivity index (χ0v) is 10.5. The van der Waals surface area contributed by atoms with Crippen molar-refractivity contribution in [2.24, 2.45) is 11.8 Å². The summed E-state index contributed by atoms with van der Waals surface area (Å²) in [4.78, 5) is 23.4. The third-order valence-corrected chi connectivity index (χ3v) is 3.58. The largest absolute Gasteiger partial charge is 0.469 e. The van der Waals surface area contributed by atoms with E-state index in [1.165, 1.54) is 14.2 Å². The van der Waals surface area contributed by atoms with Gasteiger partial charge in [0.1, 0.15) is 0 Å². The zero-order valence-electron chi connectivity index (χ0n) is 10.5. The van der Waals surface area contributed by atoms with E-state index in [2.05, 4.69) is 0 Å². The molecular weight excluding hydrogens is 232 g/mol. The van der Waals surface area contributed by atoms with E-state index in [0.717, 1.165) is 5.56 Å². The minimum Gasteiger partial charge on any atom is -0.469 e. The summed E-state index contributed by atoms with van der Waals surface area (Å²) in [5, 5.41) is 0. The van der Waals surface area contributed by atoms with E-state index in [4.69, 9.17) is 9.47 Å². The van der Waals surface area contributed by atoms with Crippen LogP contribution in [0, 0.1) is 11.8 Å². The van der Waals surface area contributed by atoms with Gasteiger partial charge in [-0.1, -0.05) is 30.3 Å². The van der Waals surface area contributed by atoms with Gasteiger partial charge in [0, 0.05) is 0 Å². The molecule has 0 saturated heterocycles. The van der Waals surface area contributed by atoms with Gasteiger partial charge in [-0.2, -0.15) is 0 Å². The van der Waals surface area contributed by atoms with Crippen molar-refractivity contribution in [2.45, 2.75) is 12.3 Å². The molecule has 2 rings (SSSR count). The second-order valence-electron chi connectivity index (χ2n) is 4.43. The maximum absolute atomic E-state index is 11.8. The average Bonchev–Trinajstić information content (AvgIpc) is 2.38. The number of esters is 2. The highest BCUT2D eigenvalue weighted by Crippen LogP contribution is 2.48. The third kappa shape index (κ3) is 2.10. The smallest absolute Gasteiger partial charge is 0.310 e. The molecule has 1 aromatic rings. The molecule has 0 heterocycles. The lowest BCUT2D eigenvalue weighted by molar-refractivity contribution is -0.166. The lowest BCUT2D eigenvalue weighted by Gasteiger charge is -2.41. The molecule has 0 N–H and O–H groups in total. The van der Waals surface area contributed by atoms with E-state index in [0.29, 0.717) is 6.42 Å². The summed E-state index contributed by atoms with van der Waals surface area (Å²) in [5.41, 5.74) is 1.06. The standard InChI is InChI=1S/C14H16O4/c1-17-13(15)11-8-10(12(11)14(16)18-2)9-6-4-3-5-7-9/h3-7,10-12H,8H2,1-2H3/t10-,11-,12-/m1/s1. The molecule has 18 heavy (non-hydrogen) atoms. The number of rotatable bonds is 3. The van der Waals surface area contributed by atoms with Crippen LogP contribution in [0.2, 0.25) is 0 Å². The van der Waals surface area contributed by atoms with Gasteiger partial charge in [0.2, 0.25) is 0 Å². The highest BCUT2D eigenvalue weighted by atomic mass is 16.5. The molecule has 1 saturated carbocycles. The van der Waals surface area contributed by atoms with Gasteiger partial charge in [0.15, 0.2) is 0 Å². The van der Waals surface area contributed by atoms with E-state index < -0.39 is 5.92 Å². The highest BCUT2D eigenvalue weighted by Gasteiger charge is 2.51. The molecule has 0 radical (unpaired) electrons. The van der Waals surface area contributed by atoms with E-state index in [-0.39, 0.29) is 23.8 Å². The average molecular weight is 248 g/mol.